The van der Waals surface area contributed by atoms with Gasteiger partial charge in [-0.2, -0.15) is 5.10 Å². The Bertz CT molecular complexity index is 1010. The summed E-state index contributed by atoms with van der Waals surface area (Å²) >= 11 is 0. The summed E-state index contributed by atoms with van der Waals surface area (Å²) in [4.78, 5) is 1.86. The maximum Gasteiger partial charge on any atom is 0.151 e. The van der Waals surface area contributed by atoms with Crippen LogP contribution in [0.5, 0.6) is 5.75 Å². The second kappa shape index (κ2) is 7.66. The number of halogens is 1. The van der Waals surface area contributed by atoms with E-state index < -0.39 is 6.17 Å². The number of anilines is 1. The topological polar surface area (TPSA) is 99.2 Å². The molecule has 2 fully saturated rings. The van der Waals surface area contributed by atoms with Crippen molar-refractivity contribution in [3.63, 3.8) is 0 Å². The molecule has 5 rings (SSSR count). The predicted octanol–water partition coefficient (Wildman–Crippen LogP) is 2.14. The minimum absolute atomic E-state index is 0.110. The number of fused-ring (bicyclic) bond motifs is 2. The summed E-state index contributed by atoms with van der Waals surface area (Å²) in [6, 6.07) is 8.56. The minimum Gasteiger partial charge on any atom is -0.507 e. The summed E-state index contributed by atoms with van der Waals surface area (Å²) in [5, 5.41) is 29.0. The maximum atomic E-state index is 14.9. The van der Waals surface area contributed by atoms with E-state index >= 15 is 0 Å². The average molecular weight is 410 g/mol. The van der Waals surface area contributed by atoms with Crippen LogP contribution < -0.4 is 10.2 Å². The largest absolute Gasteiger partial charge is 0.507 e. The Hall–Kier alpha value is -3.04. The van der Waals surface area contributed by atoms with E-state index in [-0.39, 0.29) is 23.9 Å². The summed E-state index contributed by atoms with van der Waals surface area (Å²) in [5.41, 5.74) is 2.87. The molecule has 0 saturated carbocycles. The summed E-state index contributed by atoms with van der Waals surface area (Å²) < 4.78 is 20.4. The molecule has 4 heterocycles. The van der Waals surface area contributed by atoms with Gasteiger partial charge in [0.15, 0.2) is 5.82 Å². The van der Waals surface area contributed by atoms with Gasteiger partial charge in [0.25, 0.3) is 0 Å². The molecule has 9 heteroatoms. The molecule has 1 aromatic carbocycles. The molecule has 2 aliphatic heterocycles. The zero-order valence-electron chi connectivity index (χ0n) is 16.5. The van der Waals surface area contributed by atoms with Gasteiger partial charge in [-0.1, -0.05) is 6.07 Å². The zero-order chi connectivity index (χ0) is 20.7. The number of ether oxygens (including phenoxy) is 1. The normalized spacial score (nSPS) is 25.8. The molecule has 0 spiro atoms. The molecule has 3 N–H and O–H groups in total. The molecule has 0 aliphatic carbocycles. The third kappa shape index (κ3) is 3.40. The van der Waals surface area contributed by atoms with Crippen LogP contribution in [-0.2, 0) is 4.74 Å². The van der Waals surface area contributed by atoms with Crippen LogP contribution in [0, 0.1) is 0 Å². The Kier molecular flexibility index (Phi) is 4.84. The molecule has 2 aliphatic rings. The highest BCUT2D eigenvalue weighted by Crippen LogP contribution is 2.33. The molecule has 2 saturated heterocycles. The van der Waals surface area contributed by atoms with E-state index in [1.54, 1.807) is 30.6 Å². The fourth-order valence-corrected chi connectivity index (χ4v) is 4.28. The van der Waals surface area contributed by atoms with Gasteiger partial charge in [0, 0.05) is 30.4 Å². The lowest BCUT2D eigenvalue weighted by Gasteiger charge is -2.45. The molecule has 0 radical (unpaired) electrons. The lowest BCUT2D eigenvalue weighted by Crippen LogP contribution is -2.65. The van der Waals surface area contributed by atoms with Crippen molar-refractivity contribution in [1.29, 1.82) is 0 Å². The van der Waals surface area contributed by atoms with E-state index in [9.17, 15) is 9.50 Å². The second-order valence-electron chi connectivity index (χ2n) is 7.86. The van der Waals surface area contributed by atoms with Gasteiger partial charge in [-0.25, -0.2) is 4.39 Å². The van der Waals surface area contributed by atoms with Gasteiger partial charge in [-0.3, -0.25) is 5.10 Å². The van der Waals surface area contributed by atoms with Gasteiger partial charge >= 0.3 is 0 Å². The van der Waals surface area contributed by atoms with Crippen molar-refractivity contribution in [2.45, 2.75) is 30.7 Å². The predicted molar refractivity (Wildman–Crippen MR) is 110 cm³/mol. The minimum atomic E-state index is -1.05. The van der Waals surface area contributed by atoms with E-state index in [0.29, 0.717) is 36.7 Å². The van der Waals surface area contributed by atoms with Gasteiger partial charge < -0.3 is 20.1 Å². The molecule has 2 aromatic heterocycles. The Morgan fingerprint density at radius 1 is 1.17 bits per heavy atom. The highest BCUT2D eigenvalue weighted by Gasteiger charge is 2.42. The van der Waals surface area contributed by atoms with E-state index in [1.165, 1.54) is 0 Å². The smallest absolute Gasteiger partial charge is 0.151 e. The highest BCUT2D eigenvalue weighted by atomic mass is 19.1. The van der Waals surface area contributed by atoms with E-state index in [2.05, 4.69) is 25.7 Å². The van der Waals surface area contributed by atoms with Crippen molar-refractivity contribution in [1.82, 2.24) is 25.7 Å². The monoisotopic (exact) mass is 410 g/mol. The van der Waals surface area contributed by atoms with Crippen molar-refractivity contribution in [2.24, 2.45) is 0 Å². The number of piperidine rings is 1. The molecule has 30 heavy (non-hydrogen) atoms. The van der Waals surface area contributed by atoms with E-state index in [0.717, 1.165) is 11.1 Å². The molecular weight excluding hydrogens is 387 g/mol. The SMILES string of the molecule is CN(c1ccc(-c2ccc(-c3cn[nH]c3)cc2O)nn1)[C@H]1CC2COCC(N2)[C@H]1F. The van der Waals surface area contributed by atoms with Crippen LogP contribution in [0.1, 0.15) is 6.42 Å². The van der Waals surface area contributed by atoms with Crippen molar-refractivity contribution < 1.29 is 14.2 Å². The van der Waals surface area contributed by atoms with Gasteiger partial charge in [0.05, 0.1) is 37.2 Å². The average Bonchev–Trinajstić information content (AvgIpc) is 3.31. The Morgan fingerprint density at radius 3 is 2.80 bits per heavy atom. The number of phenolic OH excluding ortho intramolecular Hbond substituents is 1. The molecule has 156 valence electrons. The summed E-state index contributed by atoms with van der Waals surface area (Å²) in [6.07, 6.45) is 3.05. The van der Waals surface area contributed by atoms with Crippen molar-refractivity contribution >= 4 is 5.82 Å². The number of hydrogen-bond acceptors (Lipinski definition) is 7. The third-order valence-electron chi connectivity index (χ3n) is 5.96. The van der Waals surface area contributed by atoms with E-state index in [1.807, 2.05) is 24.1 Å². The standard InChI is InChI=1S/C21H23FN6O2/c1-28(18-7-14-10-30-11-17(25-14)21(18)22)20-5-4-16(26-27-20)15-3-2-12(6-19(15)29)13-8-23-24-9-13/h2-6,8-9,14,17-18,21,25,29H,7,10-11H2,1H3,(H,23,24)/t14?,17?,18-,21+/m0/s1. The fraction of sp³-hybridized carbons (Fsp3) is 0.381. The Morgan fingerprint density at radius 2 is 2.07 bits per heavy atom. The first-order valence-electron chi connectivity index (χ1n) is 9.97. The van der Waals surface area contributed by atoms with Crippen LogP contribution in [0.3, 0.4) is 0 Å². The molecule has 8 nitrogen and oxygen atoms in total. The van der Waals surface area contributed by atoms with Crippen LogP contribution in [0.4, 0.5) is 10.2 Å². The van der Waals surface area contributed by atoms with Crippen LogP contribution in [0.15, 0.2) is 42.7 Å². The number of aromatic hydroxyl groups is 1. The summed E-state index contributed by atoms with van der Waals surface area (Å²) in [7, 11) is 1.85. The molecule has 2 unspecified atom stereocenters. The number of nitrogens with zero attached hydrogens (tertiary/aromatic N) is 4. The van der Waals surface area contributed by atoms with Crippen molar-refractivity contribution in [3.8, 4) is 28.1 Å². The lowest BCUT2D eigenvalue weighted by molar-refractivity contribution is -0.0175. The Labute approximate surface area is 173 Å². The third-order valence-corrected chi connectivity index (χ3v) is 5.96. The first-order valence-corrected chi connectivity index (χ1v) is 9.97. The Balaban J connectivity index is 1.35. The molecular formula is C21H23FN6O2. The van der Waals surface area contributed by atoms with Crippen LogP contribution in [0.25, 0.3) is 22.4 Å². The maximum absolute atomic E-state index is 14.9. The number of rotatable bonds is 4. The van der Waals surface area contributed by atoms with Crippen molar-refractivity contribution in [3.05, 3.63) is 42.7 Å². The fourth-order valence-electron chi connectivity index (χ4n) is 4.28. The number of morpholine rings is 1. The number of benzene rings is 1. The molecule has 4 atom stereocenters. The van der Waals surface area contributed by atoms with Gasteiger partial charge in [-0.15, -0.1) is 10.2 Å². The first kappa shape index (κ1) is 19.0. The van der Waals surface area contributed by atoms with Crippen molar-refractivity contribution in [2.75, 3.05) is 25.2 Å². The van der Waals surface area contributed by atoms with Crippen LogP contribution >= 0.6 is 0 Å². The molecule has 0 amide bonds. The first-order chi connectivity index (χ1) is 14.6. The van der Waals surface area contributed by atoms with Gasteiger partial charge in [0.2, 0.25) is 0 Å². The van der Waals surface area contributed by atoms with E-state index in [4.69, 9.17) is 4.74 Å². The van der Waals surface area contributed by atoms with Gasteiger partial charge in [0.1, 0.15) is 11.9 Å². The summed E-state index contributed by atoms with van der Waals surface area (Å²) in [5.74, 6) is 0.709. The molecule has 2 bridgehead atoms. The zero-order valence-corrected chi connectivity index (χ0v) is 16.5. The number of aromatic nitrogens is 4. The number of H-pyrrole nitrogens is 1. The molecule has 3 aromatic rings. The number of hydrogen-bond donors (Lipinski definition) is 3. The second-order valence-corrected chi connectivity index (χ2v) is 7.86. The number of phenols is 1. The summed E-state index contributed by atoms with van der Waals surface area (Å²) in [6.45, 7) is 0.993. The van der Waals surface area contributed by atoms with Crippen LogP contribution in [0.2, 0.25) is 0 Å². The number of nitrogens with one attached hydrogen (secondary N) is 2. The lowest BCUT2D eigenvalue weighted by atomic mass is 9.90. The quantitative estimate of drug-likeness (QED) is 0.606. The van der Waals surface area contributed by atoms with Gasteiger partial charge in [-0.05, 0) is 36.2 Å². The number of aromatic amines is 1. The number of alkyl halides is 1. The highest BCUT2D eigenvalue weighted by molar-refractivity contribution is 5.73. The van der Waals surface area contributed by atoms with Crippen LogP contribution in [-0.4, -0.2) is 70.1 Å².